The zero-order chi connectivity index (χ0) is 15.4. The molecule has 1 aromatic heterocycles. The van der Waals surface area contributed by atoms with Gasteiger partial charge >= 0.3 is 0 Å². The van der Waals surface area contributed by atoms with E-state index in [1.807, 2.05) is 73.7 Å². The van der Waals surface area contributed by atoms with Crippen LogP contribution in [0.3, 0.4) is 0 Å². The maximum absolute atomic E-state index is 12.5. The predicted octanol–water partition coefficient (Wildman–Crippen LogP) is 4.11. The summed E-state index contributed by atoms with van der Waals surface area (Å²) in [4.78, 5) is 12.5. The van der Waals surface area contributed by atoms with Crippen molar-refractivity contribution in [1.29, 1.82) is 0 Å². The van der Waals surface area contributed by atoms with Crippen LogP contribution in [0.2, 0.25) is 0 Å². The minimum absolute atomic E-state index is 0.120. The summed E-state index contributed by atoms with van der Waals surface area (Å²) in [5.41, 5.74) is 2.75. The molecule has 1 N–H and O–H groups in total. The zero-order valence-corrected chi connectivity index (χ0v) is 12.3. The molecule has 3 aromatic rings. The number of hydrogen-bond donors (Lipinski definition) is 1. The lowest BCUT2D eigenvalue weighted by molar-refractivity contribution is 0.0939. The highest BCUT2D eigenvalue weighted by Gasteiger charge is 2.19. The Bertz CT molecular complexity index is 731. The maximum Gasteiger partial charge on any atom is 0.252 e. The van der Waals surface area contributed by atoms with E-state index in [-0.39, 0.29) is 11.9 Å². The van der Waals surface area contributed by atoms with Crippen LogP contribution in [0.25, 0.3) is 0 Å². The SMILES string of the molecule is Cc1ccc(C(=O)NC(c2ccccc2)c2ccco2)cc1. The number of carbonyl (C=O) groups is 1. The molecule has 22 heavy (non-hydrogen) atoms. The molecular formula is C19H17NO2. The van der Waals surface area contributed by atoms with E-state index in [0.29, 0.717) is 11.3 Å². The average Bonchev–Trinajstić information content (AvgIpc) is 3.08. The molecule has 1 heterocycles. The van der Waals surface area contributed by atoms with Crippen LogP contribution in [0.15, 0.2) is 77.4 Å². The number of nitrogens with one attached hydrogen (secondary N) is 1. The van der Waals surface area contributed by atoms with Gasteiger partial charge in [0.2, 0.25) is 0 Å². The molecule has 0 aliphatic heterocycles. The Kier molecular flexibility index (Phi) is 4.05. The first kappa shape index (κ1) is 14.1. The van der Waals surface area contributed by atoms with Gasteiger partial charge in [0.1, 0.15) is 11.8 Å². The molecule has 0 aliphatic carbocycles. The van der Waals surface area contributed by atoms with Gasteiger partial charge in [-0.05, 0) is 36.8 Å². The number of rotatable bonds is 4. The first-order chi connectivity index (χ1) is 10.7. The molecule has 0 radical (unpaired) electrons. The van der Waals surface area contributed by atoms with Crippen LogP contribution < -0.4 is 5.32 Å². The van der Waals surface area contributed by atoms with Crippen LogP contribution in [0.4, 0.5) is 0 Å². The van der Waals surface area contributed by atoms with Crippen molar-refractivity contribution in [2.75, 3.05) is 0 Å². The van der Waals surface area contributed by atoms with E-state index < -0.39 is 0 Å². The molecule has 0 saturated heterocycles. The molecule has 2 aromatic carbocycles. The Morgan fingerprint density at radius 3 is 2.32 bits per heavy atom. The Morgan fingerprint density at radius 2 is 1.68 bits per heavy atom. The summed E-state index contributed by atoms with van der Waals surface area (Å²) < 4.78 is 5.49. The Balaban J connectivity index is 1.87. The lowest BCUT2D eigenvalue weighted by atomic mass is 10.0. The van der Waals surface area contributed by atoms with E-state index in [4.69, 9.17) is 4.42 Å². The Hall–Kier alpha value is -2.81. The average molecular weight is 291 g/mol. The van der Waals surface area contributed by atoms with E-state index in [9.17, 15) is 4.79 Å². The smallest absolute Gasteiger partial charge is 0.252 e. The van der Waals surface area contributed by atoms with Crippen LogP contribution in [0.5, 0.6) is 0 Å². The van der Waals surface area contributed by atoms with E-state index in [1.165, 1.54) is 0 Å². The molecule has 1 atom stereocenters. The second kappa shape index (κ2) is 6.31. The number of hydrogen-bond acceptors (Lipinski definition) is 2. The fourth-order valence-corrected chi connectivity index (χ4v) is 2.34. The van der Waals surface area contributed by atoms with Crippen LogP contribution in [0.1, 0.15) is 33.3 Å². The Morgan fingerprint density at radius 1 is 0.955 bits per heavy atom. The zero-order valence-electron chi connectivity index (χ0n) is 12.3. The summed E-state index contributed by atoms with van der Waals surface area (Å²) in [5.74, 6) is 0.594. The number of amides is 1. The van der Waals surface area contributed by atoms with Crippen molar-refractivity contribution < 1.29 is 9.21 Å². The van der Waals surface area contributed by atoms with Gasteiger partial charge in [0.25, 0.3) is 5.91 Å². The largest absolute Gasteiger partial charge is 0.467 e. The van der Waals surface area contributed by atoms with Gasteiger partial charge in [0.05, 0.1) is 6.26 Å². The molecule has 0 saturated carbocycles. The van der Waals surface area contributed by atoms with Gasteiger partial charge in [-0.1, -0.05) is 48.0 Å². The van der Waals surface area contributed by atoms with Crippen molar-refractivity contribution in [2.45, 2.75) is 13.0 Å². The molecule has 3 nitrogen and oxygen atoms in total. The second-order valence-electron chi connectivity index (χ2n) is 5.20. The van der Waals surface area contributed by atoms with E-state index in [1.54, 1.807) is 6.26 Å². The quantitative estimate of drug-likeness (QED) is 0.786. The van der Waals surface area contributed by atoms with Gasteiger partial charge in [-0.2, -0.15) is 0 Å². The van der Waals surface area contributed by atoms with E-state index in [2.05, 4.69) is 5.32 Å². The topological polar surface area (TPSA) is 42.2 Å². The van der Waals surface area contributed by atoms with Crippen molar-refractivity contribution in [2.24, 2.45) is 0 Å². The second-order valence-corrected chi connectivity index (χ2v) is 5.20. The molecule has 0 bridgehead atoms. The number of carbonyl (C=O) groups excluding carboxylic acids is 1. The van der Waals surface area contributed by atoms with Crippen LogP contribution in [0, 0.1) is 6.92 Å². The minimum Gasteiger partial charge on any atom is -0.467 e. The number of aryl methyl sites for hydroxylation is 1. The number of benzene rings is 2. The third-order valence-corrected chi connectivity index (χ3v) is 3.55. The summed E-state index contributed by atoms with van der Waals surface area (Å²) >= 11 is 0. The van der Waals surface area contributed by atoms with Gasteiger partial charge in [-0.15, -0.1) is 0 Å². The van der Waals surface area contributed by atoms with Gasteiger partial charge in [0.15, 0.2) is 0 Å². The predicted molar refractivity (Wildman–Crippen MR) is 85.6 cm³/mol. The lowest BCUT2D eigenvalue weighted by Crippen LogP contribution is -2.29. The van der Waals surface area contributed by atoms with Gasteiger partial charge in [-0.25, -0.2) is 0 Å². The Labute approximate surface area is 129 Å². The summed E-state index contributed by atoms with van der Waals surface area (Å²) in [5, 5.41) is 3.04. The highest BCUT2D eigenvalue weighted by molar-refractivity contribution is 5.94. The molecule has 3 rings (SSSR count). The lowest BCUT2D eigenvalue weighted by Gasteiger charge is -2.17. The summed E-state index contributed by atoms with van der Waals surface area (Å²) in [6.07, 6.45) is 1.61. The molecular weight excluding hydrogens is 274 g/mol. The molecule has 110 valence electrons. The van der Waals surface area contributed by atoms with Crippen molar-refractivity contribution in [1.82, 2.24) is 5.32 Å². The van der Waals surface area contributed by atoms with Crippen LogP contribution >= 0.6 is 0 Å². The van der Waals surface area contributed by atoms with Crippen LogP contribution in [-0.4, -0.2) is 5.91 Å². The van der Waals surface area contributed by atoms with Crippen molar-refractivity contribution in [3.63, 3.8) is 0 Å². The van der Waals surface area contributed by atoms with Crippen molar-refractivity contribution in [3.8, 4) is 0 Å². The maximum atomic E-state index is 12.5. The first-order valence-electron chi connectivity index (χ1n) is 7.20. The van der Waals surface area contributed by atoms with E-state index in [0.717, 1.165) is 11.1 Å². The first-order valence-corrected chi connectivity index (χ1v) is 7.20. The summed E-state index contributed by atoms with van der Waals surface area (Å²) in [7, 11) is 0. The summed E-state index contributed by atoms with van der Waals surface area (Å²) in [6.45, 7) is 2.00. The van der Waals surface area contributed by atoms with Gasteiger partial charge in [-0.3, -0.25) is 4.79 Å². The molecule has 0 aliphatic rings. The molecule has 0 fully saturated rings. The monoisotopic (exact) mass is 291 g/mol. The van der Waals surface area contributed by atoms with Crippen molar-refractivity contribution >= 4 is 5.91 Å². The normalized spacial score (nSPS) is 11.9. The highest BCUT2D eigenvalue weighted by atomic mass is 16.3. The highest BCUT2D eigenvalue weighted by Crippen LogP contribution is 2.22. The fraction of sp³-hybridized carbons (Fsp3) is 0.105. The molecule has 1 amide bonds. The third-order valence-electron chi connectivity index (χ3n) is 3.55. The molecule has 1 unspecified atom stereocenters. The molecule has 3 heteroatoms. The van der Waals surface area contributed by atoms with Crippen LogP contribution in [-0.2, 0) is 0 Å². The minimum atomic E-state index is -0.301. The number of furan rings is 1. The van der Waals surface area contributed by atoms with Gasteiger partial charge < -0.3 is 9.73 Å². The molecule has 0 spiro atoms. The van der Waals surface area contributed by atoms with E-state index >= 15 is 0 Å². The summed E-state index contributed by atoms with van der Waals surface area (Å²) in [6, 6.07) is 20.7. The van der Waals surface area contributed by atoms with Gasteiger partial charge in [0, 0.05) is 5.56 Å². The van der Waals surface area contributed by atoms with Crippen molar-refractivity contribution in [3.05, 3.63) is 95.4 Å². The fourth-order valence-electron chi connectivity index (χ4n) is 2.34. The standard InChI is InChI=1S/C19H17NO2/c1-14-9-11-16(12-10-14)19(21)20-18(17-8-5-13-22-17)15-6-3-2-4-7-15/h2-13,18H,1H3,(H,20,21). The third kappa shape index (κ3) is 3.09.